The highest BCUT2D eigenvalue weighted by atomic mass is 16.5. The van der Waals surface area contributed by atoms with Gasteiger partial charge in [0.1, 0.15) is 11.5 Å². The Bertz CT molecular complexity index is 1400. The van der Waals surface area contributed by atoms with Crippen molar-refractivity contribution in [1.82, 2.24) is 0 Å². The molecule has 0 unspecified atom stereocenters. The summed E-state index contributed by atoms with van der Waals surface area (Å²) in [5.74, 6) is 0.716. The Hall–Kier alpha value is -4.18. The SMILES string of the molecule is Cc1ccc(C(=O)Oc2ccc(C(C)(CC(C)C)c3ccc(OC(=O)c4ccc(C)c(C)c4)cc3)cc2)cc1C. The van der Waals surface area contributed by atoms with Crippen molar-refractivity contribution in [1.29, 1.82) is 0 Å². The molecular weight excluding hydrogens is 496 g/mol. The molecule has 0 aliphatic heterocycles. The number of hydrogen-bond acceptors (Lipinski definition) is 4. The first-order valence-corrected chi connectivity index (χ1v) is 13.8. The van der Waals surface area contributed by atoms with Crippen molar-refractivity contribution in [2.45, 2.75) is 60.3 Å². The van der Waals surface area contributed by atoms with E-state index in [1.807, 2.05) is 100 Å². The molecule has 0 saturated carbocycles. The third-order valence-electron chi connectivity index (χ3n) is 7.71. The molecule has 4 nitrogen and oxygen atoms in total. The van der Waals surface area contributed by atoms with Gasteiger partial charge in [-0.2, -0.15) is 0 Å². The molecule has 0 fully saturated rings. The summed E-state index contributed by atoms with van der Waals surface area (Å²) in [7, 11) is 0. The summed E-state index contributed by atoms with van der Waals surface area (Å²) in [5, 5.41) is 0. The van der Waals surface area contributed by atoms with Crippen LogP contribution < -0.4 is 9.47 Å². The van der Waals surface area contributed by atoms with Gasteiger partial charge in [0.2, 0.25) is 0 Å². The Morgan fingerprint density at radius 2 is 0.975 bits per heavy atom. The van der Waals surface area contributed by atoms with Crippen LogP contribution in [0, 0.1) is 33.6 Å². The predicted molar refractivity (Wildman–Crippen MR) is 161 cm³/mol. The number of ether oxygens (including phenoxy) is 2. The highest BCUT2D eigenvalue weighted by Gasteiger charge is 2.30. The Kier molecular flexibility index (Phi) is 8.58. The van der Waals surface area contributed by atoms with E-state index in [9.17, 15) is 9.59 Å². The molecule has 0 aromatic heterocycles. The first kappa shape index (κ1) is 28.8. The molecule has 0 amide bonds. The molecule has 0 heterocycles. The Labute approximate surface area is 238 Å². The highest BCUT2D eigenvalue weighted by molar-refractivity contribution is 5.92. The number of hydrogen-bond donors (Lipinski definition) is 0. The second-order valence-corrected chi connectivity index (χ2v) is 11.4. The van der Waals surface area contributed by atoms with Crippen LogP contribution in [0.4, 0.5) is 0 Å². The molecule has 4 aromatic carbocycles. The maximum Gasteiger partial charge on any atom is 0.343 e. The van der Waals surface area contributed by atoms with Gasteiger partial charge in [0.05, 0.1) is 11.1 Å². The Morgan fingerprint density at radius 1 is 0.600 bits per heavy atom. The Morgan fingerprint density at radius 3 is 1.30 bits per heavy atom. The summed E-state index contributed by atoms with van der Waals surface area (Å²) in [4.78, 5) is 25.4. The molecule has 4 rings (SSSR count). The molecule has 0 bridgehead atoms. The zero-order valence-electron chi connectivity index (χ0n) is 24.5. The fourth-order valence-electron chi connectivity index (χ4n) is 5.07. The Balaban J connectivity index is 1.52. The van der Waals surface area contributed by atoms with E-state index >= 15 is 0 Å². The number of benzene rings is 4. The van der Waals surface area contributed by atoms with Crippen molar-refractivity contribution in [2.75, 3.05) is 0 Å². The lowest BCUT2D eigenvalue weighted by molar-refractivity contribution is 0.0725. The van der Waals surface area contributed by atoms with Gasteiger partial charge < -0.3 is 9.47 Å². The van der Waals surface area contributed by atoms with Gasteiger partial charge in [-0.1, -0.05) is 57.2 Å². The zero-order valence-corrected chi connectivity index (χ0v) is 24.5. The molecule has 0 saturated heterocycles. The molecule has 4 heteroatoms. The fraction of sp³-hybridized carbons (Fsp3) is 0.278. The molecule has 0 aliphatic carbocycles. The van der Waals surface area contributed by atoms with Crippen LogP contribution >= 0.6 is 0 Å². The monoisotopic (exact) mass is 534 g/mol. The van der Waals surface area contributed by atoms with Crippen molar-refractivity contribution >= 4 is 11.9 Å². The standard InChI is InChI=1S/C36H38O4/c1-23(2)22-36(7,30-12-16-32(17-13-30)39-34(37)28-10-8-24(3)26(5)20-28)31-14-18-33(19-15-31)40-35(38)29-11-9-25(4)27(6)21-29/h8-21,23H,22H2,1-7H3. The van der Waals surface area contributed by atoms with Gasteiger partial charge in [-0.05, 0) is 122 Å². The van der Waals surface area contributed by atoms with Gasteiger partial charge >= 0.3 is 11.9 Å². The summed E-state index contributed by atoms with van der Waals surface area (Å²) < 4.78 is 11.3. The minimum Gasteiger partial charge on any atom is -0.423 e. The third-order valence-corrected chi connectivity index (χ3v) is 7.71. The number of carbonyl (C=O) groups excluding carboxylic acids is 2. The van der Waals surface area contributed by atoms with Gasteiger partial charge in [0.15, 0.2) is 0 Å². The minimum atomic E-state index is -0.369. The van der Waals surface area contributed by atoms with Crippen molar-refractivity contribution in [3.8, 4) is 11.5 Å². The second-order valence-electron chi connectivity index (χ2n) is 11.4. The number of aryl methyl sites for hydroxylation is 4. The summed E-state index contributed by atoms with van der Waals surface area (Å²) in [6.45, 7) is 14.6. The normalized spacial score (nSPS) is 11.4. The number of esters is 2. The lowest BCUT2D eigenvalue weighted by Crippen LogP contribution is -2.26. The summed E-state index contributed by atoms with van der Waals surface area (Å²) in [5.41, 5.74) is 7.40. The topological polar surface area (TPSA) is 52.6 Å². The fourth-order valence-corrected chi connectivity index (χ4v) is 5.07. The van der Waals surface area contributed by atoms with Crippen molar-refractivity contribution in [3.05, 3.63) is 129 Å². The van der Waals surface area contributed by atoms with Crippen LogP contribution in [0.15, 0.2) is 84.9 Å². The molecule has 0 radical (unpaired) electrons. The predicted octanol–water partition coefficient (Wildman–Crippen LogP) is 8.71. The summed E-state index contributed by atoms with van der Waals surface area (Å²) in [6, 6.07) is 26.7. The van der Waals surface area contributed by atoms with Crippen LogP contribution in [0.2, 0.25) is 0 Å². The summed E-state index contributed by atoms with van der Waals surface area (Å²) >= 11 is 0. The minimum absolute atomic E-state index is 0.290. The maximum absolute atomic E-state index is 12.7. The van der Waals surface area contributed by atoms with Gasteiger partial charge in [-0.15, -0.1) is 0 Å². The van der Waals surface area contributed by atoms with E-state index in [-0.39, 0.29) is 17.4 Å². The van der Waals surface area contributed by atoms with Gasteiger partial charge in [-0.3, -0.25) is 0 Å². The van der Waals surface area contributed by atoms with Crippen molar-refractivity contribution in [2.24, 2.45) is 5.92 Å². The first-order valence-electron chi connectivity index (χ1n) is 13.8. The smallest absolute Gasteiger partial charge is 0.343 e. The van der Waals surface area contributed by atoms with Crippen LogP contribution in [0.3, 0.4) is 0 Å². The molecule has 0 aliphatic rings. The second kappa shape index (κ2) is 11.9. The number of carbonyl (C=O) groups is 2. The lowest BCUT2D eigenvalue weighted by atomic mass is 9.71. The summed E-state index contributed by atoms with van der Waals surface area (Å²) in [6.07, 6.45) is 0.913. The molecule has 0 spiro atoms. The first-order chi connectivity index (χ1) is 19.0. The lowest BCUT2D eigenvalue weighted by Gasteiger charge is -2.33. The van der Waals surface area contributed by atoms with Crippen LogP contribution in [-0.4, -0.2) is 11.9 Å². The maximum atomic E-state index is 12.7. The average Bonchev–Trinajstić information content (AvgIpc) is 2.92. The van der Waals surface area contributed by atoms with Crippen molar-refractivity contribution in [3.63, 3.8) is 0 Å². The average molecular weight is 535 g/mol. The van der Waals surface area contributed by atoms with E-state index < -0.39 is 0 Å². The van der Waals surface area contributed by atoms with Crippen LogP contribution in [0.25, 0.3) is 0 Å². The largest absolute Gasteiger partial charge is 0.423 e. The van der Waals surface area contributed by atoms with E-state index in [4.69, 9.17) is 9.47 Å². The zero-order chi connectivity index (χ0) is 29.0. The number of rotatable bonds is 8. The van der Waals surface area contributed by atoms with Gasteiger partial charge in [-0.25, -0.2) is 9.59 Å². The van der Waals surface area contributed by atoms with Crippen LogP contribution in [0.1, 0.15) is 81.3 Å². The van der Waals surface area contributed by atoms with Gasteiger partial charge in [0, 0.05) is 5.41 Å². The van der Waals surface area contributed by atoms with E-state index in [1.54, 1.807) is 12.1 Å². The molecule has 0 N–H and O–H groups in total. The van der Waals surface area contributed by atoms with Crippen LogP contribution in [0.5, 0.6) is 11.5 Å². The molecule has 0 atom stereocenters. The van der Waals surface area contributed by atoms with Crippen LogP contribution in [-0.2, 0) is 5.41 Å². The van der Waals surface area contributed by atoms with E-state index in [0.29, 0.717) is 28.5 Å². The van der Waals surface area contributed by atoms with E-state index in [0.717, 1.165) is 39.8 Å². The van der Waals surface area contributed by atoms with Gasteiger partial charge in [0.25, 0.3) is 0 Å². The molecule has 4 aromatic rings. The quantitative estimate of drug-likeness (QED) is 0.168. The molecule has 40 heavy (non-hydrogen) atoms. The van der Waals surface area contributed by atoms with E-state index in [2.05, 4.69) is 20.8 Å². The van der Waals surface area contributed by atoms with E-state index in [1.165, 1.54) is 0 Å². The van der Waals surface area contributed by atoms with Crippen molar-refractivity contribution < 1.29 is 19.1 Å². The third kappa shape index (κ3) is 6.51. The molecular formula is C36H38O4. The molecule has 206 valence electrons. The highest BCUT2D eigenvalue weighted by Crippen LogP contribution is 2.39.